The molecule has 1 amide bonds. The van der Waals surface area contributed by atoms with E-state index in [0.29, 0.717) is 0 Å². The molecule has 11 heteroatoms. The molecule has 2 aromatic heterocycles. The van der Waals surface area contributed by atoms with Crippen LogP contribution >= 0.6 is 0 Å². The number of anilines is 1. The Morgan fingerprint density at radius 3 is 2.86 bits per heavy atom. The molecule has 3 aromatic rings. The van der Waals surface area contributed by atoms with E-state index in [1.807, 2.05) is 6.07 Å². The largest absolute Gasteiger partial charge is 0.471 e. The number of carbonyl (C=O) groups excluding carboxylic acids is 1. The van der Waals surface area contributed by atoms with Crippen molar-refractivity contribution in [3.05, 3.63) is 59.5 Å². The van der Waals surface area contributed by atoms with Gasteiger partial charge in [0.2, 0.25) is 0 Å². The molecule has 1 aromatic carbocycles. The van der Waals surface area contributed by atoms with Crippen LogP contribution in [0.4, 0.5) is 19.0 Å². The van der Waals surface area contributed by atoms with Crippen molar-refractivity contribution in [3.8, 4) is 11.8 Å². The molecule has 0 bridgehead atoms. The average molecular weight is 390 g/mol. The maximum atomic E-state index is 12.7. The number of ether oxygens (including phenoxy) is 1. The molecule has 2 heterocycles. The Labute approximate surface area is 156 Å². The van der Waals surface area contributed by atoms with Crippen molar-refractivity contribution in [3.63, 3.8) is 0 Å². The minimum absolute atomic E-state index is 0.0184. The van der Waals surface area contributed by atoms with Gasteiger partial charge in [-0.25, -0.2) is 4.68 Å². The maximum Gasteiger partial charge on any atom is 0.416 e. The number of rotatable bonds is 5. The third-order valence-corrected chi connectivity index (χ3v) is 3.69. The van der Waals surface area contributed by atoms with Crippen molar-refractivity contribution in [1.29, 1.82) is 5.26 Å². The molecule has 1 N–H and O–H groups in total. The van der Waals surface area contributed by atoms with E-state index in [1.54, 1.807) is 7.05 Å². The Morgan fingerprint density at radius 2 is 2.14 bits per heavy atom. The second-order valence-electron chi connectivity index (χ2n) is 5.64. The molecule has 0 saturated heterocycles. The number of benzene rings is 1. The van der Waals surface area contributed by atoms with Crippen molar-refractivity contribution < 1.29 is 22.7 Å². The Hall–Kier alpha value is -3.81. The molecule has 144 valence electrons. The zero-order valence-electron chi connectivity index (χ0n) is 14.4. The van der Waals surface area contributed by atoms with E-state index in [-0.39, 0.29) is 29.6 Å². The van der Waals surface area contributed by atoms with Gasteiger partial charge in [0, 0.05) is 13.2 Å². The quantitative estimate of drug-likeness (QED) is 0.723. The first-order valence-electron chi connectivity index (χ1n) is 7.85. The Bertz CT molecular complexity index is 1050. The predicted octanol–water partition coefficient (Wildman–Crippen LogP) is 2.80. The normalized spacial score (nSPS) is 11.1. The second kappa shape index (κ2) is 7.43. The first-order chi connectivity index (χ1) is 13.3. The molecule has 3 rings (SSSR count). The first-order valence-corrected chi connectivity index (χ1v) is 7.85. The van der Waals surface area contributed by atoms with E-state index in [4.69, 9.17) is 10.00 Å². The number of aryl methyl sites for hydroxylation is 1. The van der Waals surface area contributed by atoms with E-state index in [0.717, 1.165) is 12.1 Å². The fraction of sp³-hybridized carbons (Fsp3) is 0.176. The third kappa shape index (κ3) is 4.12. The SMILES string of the molecule is Cn1ncc(C#N)c1NC(=O)c1ccn(COc2cccc(C(F)(F)F)c2)n1. The molecule has 0 aliphatic rings. The molecule has 0 aliphatic carbocycles. The first kappa shape index (κ1) is 19.0. The van der Waals surface area contributed by atoms with Gasteiger partial charge in [-0.3, -0.25) is 9.48 Å². The van der Waals surface area contributed by atoms with Gasteiger partial charge in [0.25, 0.3) is 5.91 Å². The van der Waals surface area contributed by atoms with Crippen LogP contribution in [0.25, 0.3) is 0 Å². The number of hydrogen-bond acceptors (Lipinski definition) is 5. The van der Waals surface area contributed by atoms with Crippen LogP contribution in [-0.4, -0.2) is 25.5 Å². The zero-order chi connectivity index (χ0) is 20.3. The summed E-state index contributed by atoms with van der Waals surface area (Å²) in [6, 6.07) is 7.76. The highest BCUT2D eigenvalue weighted by molar-refractivity contribution is 6.02. The number of amides is 1. The monoisotopic (exact) mass is 390 g/mol. The summed E-state index contributed by atoms with van der Waals surface area (Å²) in [6.07, 6.45) is -1.71. The van der Waals surface area contributed by atoms with Gasteiger partial charge in [0.15, 0.2) is 12.4 Å². The lowest BCUT2D eigenvalue weighted by Gasteiger charge is -2.10. The number of alkyl halides is 3. The lowest BCUT2D eigenvalue weighted by Crippen LogP contribution is -2.17. The lowest BCUT2D eigenvalue weighted by atomic mass is 10.2. The highest BCUT2D eigenvalue weighted by Gasteiger charge is 2.30. The molecule has 0 aliphatic heterocycles. The summed E-state index contributed by atoms with van der Waals surface area (Å²) in [5, 5.41) is 19.4. The van der Waals surface area contributed by atoms with Crippen LogP contribution in [0.1, 0.15) is 21.6 Å². The zero-order valence-corrected chi connectivity index (χ0v) is 14.4. The van der Waals surface area contributed by atoms with Gasteiger partial charge < -0.3 is 10.1 Å². The smallest absolute Gasteiger partial charge is 0.416 e. The van der Waals surface area contributed by atoms with E-state index in [1.165, 1.54) is 40.0 Å². The van der Waals surface area contributed by atoms with E-state index in [2.05, 4.69) is 15.5 Å². The molecule has 0 unspecified atom stereocenters. The van der Waals surface area contributed by atoms with Crippen molar-refractivity contribution in [1.82, 2.24) is 19.6 Å². The molecule has 28 heavy (non-hydrogen) atoms. The number of carbonyl (C=O) groups is 1. The van der Waals surface area contributed by atoms with Crippen LogP contribution in [0.3, 0.4) is 0 Å². The van der Waals surface area contributed by atoms with Crippen molar-refractivity contribution in [2.24, 2.45) is 7.05 Å². The minimum atomic E-state index is -4.47. The maximum absolute atomic E-state index is 12.7. The number of aromatic nitrogens is 4. The van der Waals surface area contributed by atoms with Crippen molar-refractivity contribution >= 4 is 11.7 Å². The van der Waals surface area contributed by atoms with Crippen LogP contribution in [0.15, 0.2) is 42.7 Å². The summed E-state index contributed by atoms with van der Waals surface area (Å²) in [6.45, 7) is -0.191. The van der Waals surface area contributed by atoms with Crippen LogP contribution in [0, 0.1) is 11.3 Å². The fourth-order valence-electron chi connectivity index (χ4n) is 2.30. The number of halogens is 3. The lowest BCUT2D eigenvalue weighted by molar-refractivity contribution is -0.137. The van der Waals surface area contributed by atoms with Crippen molar-refractivity contribution in [2.75, 3.05) is 5.32 Å². The van der Waals surface area contributed by atoms with Gasteiger partial charge in [-0.05, 0) is 24.3 Å². The van der Waals surface area contributed by atoms with Gasteiger partial charge in [-0.2, -0.15) is 28.6 Å². The number of nitrogens with one attached hydrogen (secondary N) is 1. The summed E-state index contributed by atoms with van der Waals surface area (Å²) in [4.78, 5) is 12.3. The molecule has 0 spiro atoms. The van der Waals surface area contributed by atoms with Crippen LogP contribution in [0.5, 0.6) is 5.75 Å². The third-order valence-electron chi connectivity index (χ3n) is 3.69. The standard InChI is InChI=1S/C17H13F3N6O2/c1-25-15(11(8-21)9-22-25)23-16(27)14-5-6-26(24-14)10-28-13-4-2-3-12(7-13)17(18,19)20/h2-7,9H,10H2,1H3,(H,23,27). The summed E-state index contributed by atoms with van der Waals surface area (Å²) in [5.74, 6) is -0.329. The Morgan fingerprint density at radius 1 is 1.36 bits per heavy atom. The Kier molecular flexibility index (Phi) is 5.04. The van der Waals surface area contributed by atoms with Crippen LogP contribution in [0.2, 0.25) is 0 Å². The van der Waals surface area contributed by atoms with Crippen molar-refractivity contribution in [2.45, 2.75) is 12.9 Å². The van der Waals surface area contributed by atoms with E-state index < -0.39 is 17.6 Å². The average Bonchev–Trinajstić information content (AvgIpc) is 3.27. The van der Waals surface area contributed by atoms with Crippen LogP contribution in [-0.2, 0) is 20.0 Å². The molecule has 0 saturated carbocycles. The molecule has 8 nitrogen and oxygen atoms in total. The molecular formula is C17H13F3N6O2. The van der Waals surface area contributed by atoms with Gasteiger partial charge in [-0.1, -0.05) is 6.07 Å². The van der Waals surface area contributed by atoms with Gasteiger partial charge in [-0.15, -0.1) is 0 Å². The highest BCUT2D eigenvalue weighted by Crippen LogP contribution is 2.31. The van der Waals surface area contributed by atoms with Crippen LogP contribution < -0.4 is 10.1 Å². The molecule has 0 atom stereocenters. The number of hydrogen-bond donors (Lipinski definition) is 1. The van der Waals surface area contributed by atoms with Gasteiger partial charge in [0.1, 0.15) is 23.2 Å². The van der Waals surface area contributed by atoms with Gasteiger partial charge in [0.05, 0.1) is 11.8 Å². The van der Waals surface area contributed by atoms with E-state index >= 15 is 0 Å². The summed E-state index contributed by atoms with van der Waals surface area (Å²) >= 11 is 0. The topological polar surface area (TPSA) is 97.8 Å². The Balaban J connectivity index is 1.65. The minimum Gasteiger partial charge on any atom is -0.471 e. The second-order valence-corrected chi connectivity index (χ2v) is 5.64. The van der Waals surface area contributed by atoms with E-state index in [9.17, 15) is 18.0 Å². The molecular weight excluding hydrogens is 377 g/mol. The fourth-order valence-corrected chi connectivity index (χ4v) is 2.30. The number of nitrogens with zero attached hydrogens (tertiary/aromatic N) is 5. The summed E-state index contributed by atoms with van der Waals surface area (Å²) < 4.78 is 46.0. The number of nitriles is 1. The highest BCUT2D eigenvalue weighted by atomic mass is 19.4. The predicted molar refractivity (Wildman–Crippen MR) is 90.2 cm³/mol. The molecule has 0 fully saturated rings. The van der Waals surface area contributed by atoms with Gasteiger partial charge >= 0.3 is 6.18 Å². The summed E-state index contributed by atoms with van der Waals surface area (Å²) in [7, 11) is 1.57. The molecule has 0 radical (unpaired) electrons. The summed E-state index contributed by atoms with van der Waals surface area (Å²) in [5.41, 5.74) is -0.587.